The van der Waals surface area contributed by atoms with Crippen LogP contribution in [0.1, 0.15) is 83.1 Å². The highest BCUT2D eigenvalue weighted by molar-refractivity contribution is 5.99. The largest absolute Gasteiger partial charge is 0.489 e. The number of urea groups is 1. The molecule has 0 unspecified atom stereocenters. The molecule has 0 radical (unpaired) electrons. The Hall–Kier alpha value is -3.72. The van der Waals surface area contributed by atoms with Crippen LogP contribution >= 0.6 is 0 Å². The predicted octanol–water partition coefficient (Wildman–Crippen LogP) is 6.47. The van der Waals surface area contributed by atoms with E-state index in [1.807, 2.05) is 39.0 Å². The first-order valence-corrected chi connectivity index (χ1v) is 13.7. The number of carbonyl (C=O) groups excluding carboxylic acids is 2. The topological polar surface area (TPSA) is 110 Å². The number of anilines is 2. The van der Waals surface area contributed by atoms with Crippen LogP contribution in [0.5, 0.6) is 5.75 Å². The smallest absolute Gasteiger partial charge is 0.324 e. The van der Waals surface area contributed by atoms with E-state index < -0.39 is 6.03 Å². The molecular formula is C31H41N5O4. The zero-order valence-electron chi connectivity index (χ0n) is 24.8. The Morgan fingerprint density at radius 3 is 2.23 bits per heavy atom. The number of likely N-dealkylation sites (tertiary alicyclic amines) is 1. The van der Waals surface area contributed by atoms with Crippen LogP contribution in [0.25, 0.3) is 0 Å². The second-order valence-electron chi connectivity index (χ2n) is 12.9. The molecule has 214 valence electrons. The molecule has 1 saturated heterocycles. The molecule has 0 atom stereocenters. The van der Waals surface area contributed by atoms with Crippen LogP contribution in [0, 0.1) is 0 Å². The molecule has 40 heavy (non-hydrogen) atoms. The Morgan fingerprint density at radius 1 is 1.02 bits per heavy atom. The van der Waals surface area contributed by atoms with E-state index in [0.29, 0.717) is 28.7 Å². The minimum atomic E-state index is -0.434. The molecular weight excluding hydrogens is 506 g/mol. The summed E-state index contributed by atoms with van der Waals surface area (Å²) in [7, 11) is 2.17. The molecule has 0 saturated carbocycles. The normalized spacial score (nSPS) is 17.3. The maximum absolute atomic E-state index is 12.9. The number of nitrogens with zero attached hydrogens (tertiary/aromatic N) is 3. The van der Waals surface area contributed by atoms with Gasteiger partial charge in [0.1, 0.15) is 23.3 Å². The highest BCUT2D eigenvalue weighted by Crippen LogP contribution is 2.38. The lowest BCUT2D eigenvalue weighted by Crippen LogP contribution is -2.60. The summed E-state index contributed by atoms with van der Waals surface area (Å²) in [6.45, 7) is 15.0. The number of amides is 2. The van der Waals surface area contributed by atoms with Crippen molar-refractivity contribution in [3.63, 3.8) is 0 Å². The van der Waals surface area contributed by atoms with Crippen molar-refractivity contribution in [2.45, 2.75) is 90.3 Å². The van der Waals surface area contributed by atoms with Crippen LogP contribution in [0.3, 0.4) is 0 Å². The van der Waals surface area contributed by atoms with Gasteiger partial charge in [0, 0.05) is 47.5 Å². The molecule has 9 heteroatoms. The first-order chi connectivity index (χ1) is 18.6. The summed E-state index contributed by atoms with van der Waals surface area (Å²) in [4.78, 5) is 32.0. The van der Waals surface area contributed by atoms with Gasteiger partial charge in [-0.25, -0.2) is 9.78 Å². The van der Waals surface area contributed by atoms with Crippen molar-refractivity contribution < 1.29 is 18.8 Å². The SMILES string of the molecule is CN1C(C)(C)CC(Oc2ccc(C(=O)Cc3ccc(NC(=O)Nc4cc(C(C)(C)C)on4)cc3)nc2)CC1(C)C. The first-order valence-electron chi connectivity index (χ1n) is 13.7. The molecule has 0 spiro atoms. The number of ketones is 1. The van der Waals surface area contributed by atoms with E-state index in [9.17, 15) is 9.59 Å². The number of hydrogen-bond donors (Lipinski definition) is 2. The van der Waals surface area contributed by atoms with Crippen molar-refractivity contribution in [2.24, 2.45) is 0 Å². The maximum atomic E-state index is 12.9. The van der Waals surface area contributed by atoms with Crippen LogP contribution in [-0.2, 0) is 11.8 Å². The van der Waals surface area contributed by atoms with Gasteiger partial charge in [-0.15, -0.1) is 0 Å². The molecule has 2 N–H and O–H groups in total. The Labute approximate surface area is 236 Å². The Balaban J connectivity index is 1.29. The number of nitrogens with one attached hydrogen (secondary N) is 2. The fourth-order valence-electron chi connectivity index (χ4n) is 5.12. The van der Waals surface area contributed by atoms with Crippen molar-refractivity contribution in [3.05, 3.63) is 65.7 Å². The van der Waals surface area contributed by atoms with E-state index in [4.69, 9.17) is 9.26 Å². The van der Waals surface area contributed by atoms with Gasteiger partial charge in [0.2, 0.25) is 0 Å². The molecule has 3 aromatic rings. The number of piperidine rings is 1. The lowest BCUT2D eigenvalue weighted by molar-refractivity contribution is -0.0557. The van der Waals surface area contributed by atoms with Crippen LogP contribution < -0.4 is 15.4 Å². The van der Waals surface area contributed by atoms with Gasteiger partial charge in [-0.3, -0.25) is 15.0 Å². The summed E-state index contributed by atoms with van der Waals surface area (Å²) >= 11 is 0. The van der Waals surface area contributed by atoms with Gasteiger partial charge in [0.15, 0.2) is 11.6 Å². The minimum Gasteiger partial charge on any atom is -0.489 e. The van der Waals surface area contributed by atoms with Gasteiger partial charge in [-0.2, -0.15) is 0 Å². The number of benzene rings is 1. The van der Waals surface area contributed by atoms with Gasteiger partial charge in [-0.1, -0.05) is 38.1 Å². The Bertz CT molecular complexity index is 1320. The highest BCUT2D eigenvalue weighted by Gasteiger charge is 2.44. The van der Waals surface area contributed by atoms with Gasteiger partial charge >= 0.3 is 6.03 Å². The highest BCUT2D eigenvalue weighted by atomic mass is 16.5. The molecule has 1 aliphatic rings. The molecule has 0 bridgehead atoms. The molecule has 9 nitrogen and oxygen atoms in total. The standard InChI is InChI=1S/C31H41N5O4/c1-29(2,3)26-16-27(35-40-26)34-28(38)33-21-11-9-20(10-12-21)15-25(37)24-14-13-22(19-32-24)39-23-17-30(4,5)36(8)31(6,7)18-23/h9-14,16,19,23H,15,17-18H2,1-8H3,(H2,33,34,35,38). The lowest BCUT2D eigenvalue weighted by atomic mass is 9.79. The van der Waals surface area contributed by atoms with E-state index in [1.54, 1.807) is 30.5 Å². The molecule has 1 aliphatic heterocycles. The molecule has 2 amide bonds. The fourth-order valence-corrected chi connectivity index (χ4v) is 5.12. The van der Waals surface area contributed by atoms with Crippen molar-refractivity contribution >= 4 is 23.3 Å². The summed E-state index contributed by atoms with van der Waals surface area (Å²) in [6.07, 6.45) is 3.74. The number of rotatable bonds is 7. The molecule has 3 heterocycles. The second kappa shape index (κ2) is 11.0. The van der Waals surface area contributed by atoms with E-state index in [0.717, 1.165) is 18.4 Å². The fraction of sp³-hybridized carbons (Fsp3) is 0.484. The summed E-state index contributed by atoms with van der Waals surface area (Å²) < 4.78 is 11.6. The molecule has 2 aromatic heterocycles. The summed E-state index contributed by atoms with van der Waals surface area (Å²) in [5, 5.41) is 9.31. The van der Waals surface area contributed by atoms with Gasteiger partial charge in [0.25, 0.3) is 0 Å². The zero-order valence-corrected chi connectivity index (χ0v) is 24.8. The molecule has 0 aliphatic carbocycles. The monoisotopic (exact) mass is 547 g/mol. The maximum Gasteiger partial charge on any atom is 0.324 e. The van der Waals surface area contributed by atoms with Crippen molar-refractivity contribution in [1.82, 2.24) is 15.0 Å². The Morgan fingerprint density at radius 2 is 1.68 bits per heavy atom. The van der Waals surface area contributed by atoms with Crippen LogP contribution in [0.15, 0.2) is 53.2 Å². The van der Waals surface area contributed by atoms with Gasteiger partial charge in [0.05, 0.1) is 6.20 Å². The minimum absolute atomic E-state index is 0.0256. The van der Waals surface area contributed by atoms with Crippen molar-refractivity contribution in [3.8, 4) is 5.75 Å². The van der Waals surface area contributed by atoms with E-state index >= 15 is 0 Å². The molecule has 1 fully saturated rings. The van der Waals surface area contributed by atoms with Gasteiger partial charge in [-0.05, 0) is 64.6 Å². The predicted molar refractivity (Wildman–Crippen MR) is 156 cm³/mol. The van der Waals surface area contributed by atoms with E-state index in [2.05, 4.69) is 60.4 Å². The molecule has 1 aromatic carbocycles. The number of aromatic nitrogens is 2. The quantitative estimate of drug-likeness (QED) is 0.326. The number of carbonyl (C=O) groups is 2. The number of hydrogen-bond acceptors (Lipinski definition) is 7. The van der Waals surface area contributed by atoms with E-state index in [-0.39, 0.29) is 34.8 Å². The van der Waals surface area contributed by atoms with Crippen LogP contribution in [0.2, 0.25) is 0 Å². The lowest BCUT2D eigenvalue weighted by Gasteiger charge is -2.53. The van der Waals surface area contributed by atoms with E-state index in [1.165, 1.54) is 0 Å². The van der Waals surface area contributed by atoms with Crippen LogP contribution in [0.4, 0.5) is 16.3 Å². The first kappa shape index (κ1) is 29.3. The zero-order chi connectivity index (χ0) is 29.3. The summed E-state index contributed by atoms with van der Waals surface area (Å²) in [6, 6.07) is 11.9. The second-order valence-corrected chi connectivity index (χ2v) is 12.9. The van der Waals surface area contributed by atoms with Crippen LogP contribution in [-0.4, -0.2) is 51.1 Å². The third-order valence-electron chi connectivity index (χ3n) is 7.66. The van der Waals surface area contributed by atoms with Crippen molar-refractivity contribution in [2.75, 3.05) is 17.7 Å². The average molecular weight is 548 g/mol. The third kappa shape index (κ3) is 7.07. The van der Waals surface area contributed by atoms with Crippen molar-refractivity contribution in [1.29, 1.82) is 0 Å². The molecule has 4 rings (SSSR count). The number of pyridine rings is 1. The number of Topliss-reactive ketones (excluding diaryl/α,β-unsaturated/α-hetero) is 1. The Kier molecular flexibility index (Phi) is 8.08. The third-order valence-corrected chi connectivity index (χ3v) is 7.66. The summed E-state index contributed by atoms with van der Waals surface area (Å²) in [5.74, 6) is 1.60. The number of ether oxygens (including phenoxy) is 1. The summed E-state index contributed by atoms with van der Waals surface area (Å²) in [5.41, 5.74) is 1.65. The average Bonchev–Trinajstić information content (AvgIpc) is 3.33. The van der Waals surface area contributed by atoms with Gasteiger partial charge < -0.3 is 14.6 Å².